The van der Waals surface area contributed by atoms with E-state index >= 15 is 0 Å². The van der Waals surface area contributed by atoms with Crippen molar-refractivity contribution in [2.75, 3.05) is 14.2 Å². The van der Waals surface area contributed by atoms with Crippen LogP contribution in [0, 0.1) is 0 Å². The van der Waals surface area contributed by atoms with Crippen LogP contribution in [0.2, 0.25) is 5.15 Å². The lowest BCUT2D eigenvalue weighted by Crippen LogP contribution is -2.06. The molecule has 272 valence electrons. The van der Waals surface area contributed by atoms with Gasteiger partial charge in [-0.3, -0.25) is 9.97 Å². The molecular formula is C42H43ClN6O4. The van der Waals surface area contributed by atoms with E-state index in [1.54, 1.807) is 30.9 Å². The zero-order chi connectivity index (χ0) is 36.9. The van der Waals surface area contributed by atoms with Crippen LogP contribution in [0.5, 0.6) is 0 Å². The zero-order valence-corrected chi connectivity index (χ0v) is 30.8. The fraction of sp³-hybridized carbons (Fsp3) is 0.333. The summed E-state index contributed by atoms with van der Waals surface area (Å²) in [6.07, 6.45) is 20.5. The summed E-state index contributed by atoms with van der Waals surface area (Å²) in [7, 11) is 2.79. The number of aromatic amines is 2. The van der Waals surface area contributed by atoms with Gasteiger partial charge < -0.3 is 19.4 Å². The Kier molecular flexibility index (Phi) is 11.0. The number of fused-ring (bicyclic) bond motifs is 2. The van der Waals surface area contributed by atoms with Gasteiger partial charge >= 0.3 is 11.9 Å². The van der Waals surface area contributed by atoms with Crippen LogP contribution < -0.4 is 0 Å². The third kappa shape index (κ3) is 7.33. The van der Waals surface area contributed by atoms with Gasteiger partial charge in [-0.15, -0.1) is 0 Å². The van der Waals surface area contributed by atoms with E-state index in [1.165, 1.54) is 76.7 Å². The number of ether oxygens (including phenoxy) is 2. The third-order valence-electron chi connectivity index (χ3n) is 10.6. The van der Waals surface area contributed by atoms with E-state index in [4.69, 9.17) is 21.1 Å². The third-order valence-corrected chi connectivity index (χ3v) is 10.9. The molecule has 4 heterocycles. The second-order valence-electron chi connectivity index (χ2n) is 13.7. The summed E-state index contributed by atoms with van der Waals surface area (Å²) in [4.78, 5) is 48.4. The maximum atomic E-state index is 11.9. The molecular weight excluding hydrogens is 688 g/mol. The number of hydrogen-bond acceptors (Lipinski definition) is 8. The number of carbonyl (C=O) groups is 2. The number of carbonyl (C=O) groups excluding carboxylic acids is 2. The van der Waals surface area contributed by atoms with Crippen LogP contribution in [0.3, 0.4) is 0 Å². The van der Waals surface area contributed by atoms with Crippen molar-refractivity contribution in [1.29, 1.82) is 0 Å². The van der Waals surface area contributed by atoms with E-state index in [-0.39, 0.29) is 11.9 Å². The first kappa shape index (κ1) is 36.0. The summed E-state index contributed by atoms with van der Waals surface area (Å²) in [5, 5.41) is 2.63. The minimum Gasteiger partial charge on any atom is -0.465 e. The average molecular weight is 731 g/mol. The highest BCUT2D eigenvalue weighted by Crippen LogP contribution is 2.44. The highest BCUT2D eigenvalue weighted by molar-refractivity contribution is 6.31. The Morgan fingerprint density at radius 1 is 0.679 bits per heavy atom. The predicted octanol–water partition coefficient (Wildman–Crippen LogP) is 10.2. The molecule has 2 aliphatic carbocycles. The van der Waals surface area contributed by atoms with Crippen LogP contribution in [0.4, 0.5) is 0 Å². The SMILES string of the molecule is C=Cc1nccnc1-c1[nH]c2cc(C(=O)OC)ccc2c1C1CCCCC1.COC(=O)c1ccc2c(C3CCCCC3)c(-c3nccnc3Cl)[nH]c2c1. The minimum absolute atomic E-state index is 0.335. The Balaban J connectivity index is 0.000000164. The molecule has 0 bridgehead atoms. The van der Waals surface area contributed by atoms with E-state index in [1.807, 2.05) is 36.4 Å². The van der Waals surface area contributed by atoms with Crippen molar-refractivity contribution < 1.29 is 19.1 Å². The lowest BCUT2D eigenvalue weighted by molar-refractivity contribution is 0.0592. The molecule has 2 saturated carbocycles. The molecule has 2 aliphatic rings. The first-order chi connectivity index (χ1) is 25.9. The van der Waals surface area contributed by atoms with Crippen LogP contribution in [-0.2, 0) is 9.47 Å². The smallest absolute Gasteiger partial charge is 0.337 e. The Labute approximate surface area is 313 Å². The first-order valence-corrected chi connectivity index (χ1v) is 18.7. The molecule has 8 rings (SSSR count). The van der Waals surface area contributed by atoms with E-state index in [0.29, 0.717) is 33.8 Å². The summed E-state index contributed by atoms with van der Waals surface area (Å²) in [6, 6.07) is 11.4. The van der Waals surface area contributed by atoms with Gasteiger partial charge in [0.15, 0.2) is 5.15 Å². The van der Waals surface area contributed by atoms with Gasteiger partial charge in [-0.05, 0) is 79.0 Å². The van der Waals surface area contributed by atoms with Crippen LogP contribution in [0.15, 0.2) is 67.8 Å². The van der Waals surface area contributed by atoms with Crippen molar-refractivity contribution >= 4 is 51.4 Å². The normalized spacial score (nSPS) is 15.2. The van der Waals surface area contributed by atoms with Crippen LogP contribution in [0.1, 0.15) is 114 Å². The van der Waals surface area contributed by atoms with Gasteiger partial charge in [-0.1, -0.05) is 68.8 Å². The van der Waals surface area contributed by atoms with Gasteiger partial charge in [0.25, 0.3) is 0 Å². The number of nitrogens with zero attached hydrogens (tertiary/aromatic N) is 4. The molecule has 53 heavy (non-hydrogen) atoms. The largest absolute Gasteiger partial charge is 0.465 e. The summed E-state index contributed by atoms with van der Waals surface area (Å²) in [5.74, 6) is 0.249. The molecule has 4 aromatic heterocycles. The molecule has 2 fully saturated rings. The summed E-state index contributed by atoms with van der Waals surface area (Å²) < 4.78 is 9.72. The standard InChI is InChI=1S/C22H23N3O2.C20H20ClN3O2/c1-3-17-20(24-12-11-23-17)21-19(14-7-5-4-6-8-14)16-10-9-15(22(26)27-2)13-18(16)25-21;1-26-20(25)13-7-8-14-15(11-13)24-17(18-19(21)23-10-9-22-18)16(14)12-5-3-2-4-6-12/h3,9-14,25H,1,4-8H2,2H3;7-12,24H,2-6H2,1H3. The Hall–Kier alpha value is -5.35. The Bertz CT molecular complexity index is 2280. The molecule has 0 amide bonds. The van der Waals surface area contributed by atoms with Crippen LogP contribution >= 0.6 is 11.6 Å². The number of hydrogen-bond donors (Lipinski definition) is 2. The van der Waals surface area contributed by atoms with Gasteiger partial charge in [0.05, 0.1) is 42.4 Å². The fourth-order valence-corrected chi connectivity index (χ4v) is 8.31. The number of methoxy groups -OCH3 is 2. The first-order valence-electron chi connectivity index (χ1n) is 18.3. The number of H-pyrrole nitrogens is 2. The molecule has 0 unspecified atom stereocenters. The highest BCUT2D eigenvalue weighted by atomic mass is 35.5. The van der Waals surface area contributed by atoms with Crippen molar-refractivity contribution in [2.45, 2.75) is 76.0 Å². The van der Waals surface area contributed by atoms with E-state index in [9.17, 15) is 9.59 Å². The quantitative estimate of drug-likeness (QED) is 0.155. The van der Waals surface area contributed by atoms with Crippen LogP contribution in [0.25, 0.3) is 50.7 Å². The van der Waals surface area contributed by atoms with E-state index < -0.39 is 0 Å². The van der Waals surface area contributed by atoms with Crippen molar-refractivity contribution in [1.82, 2.24) is 29.9 Å². The molecule has 2 aromatic carbocycles. The number of benzene rings is 2. The fourth-order valence-electron chi connectivity index (χ4n) is 8.11. The van der Waals surface area contributed by atoms with E-state index in [0.717, 1.165) is 57.4 Å². The van der Waals surface area contributed by atoms with Crippen molar-refractivity contribution in [2.24, 2.45) is 0 Å². The maximum Gasteiger partial charge on any atom is 0.337 e. The van der Waals surface area contributed by atoms with Gasteiger partial charge in [-0.25, -0.2) is 19.6 Å². The van der Waals surface area contributed by atoms with E-state index in [2.05, 4.69) is 36.5 Å². The summed E-state index contributed by atoms with van der Waals surface area (Å²) in [6.45, 7) is 3.88. The topological polar surface area (TPSA) is 136 Å². The van der Waals surface area contributed by atoms with Crippen molar-refractivity contribution in [3.63, 3.8) is 0 Å². The lowest BCUT2D eigenvalue weighted by atomic mass is 9.82. The molecule has 0 radical (unpaired) electrons. The summed E-state index contributed by atoms with van der Waals surface area (Å²) >= 11 is 6.33. The number of rotatable bonds is 7. The Morgan fingerprint density at radius 3 is 1.60 bits per heavy atom. The molecule has 0 saturated heterocycles. The monoisotopic (exact) mass is 730 g/mol. The maximum absolute atomic E-state index is 11.9. The molecule has 0 spiro atoms. The second-order valence-corrected chi connectivity index (χ2v) is 14.0. The number of aromatic nitrogens is 6. The van der Waals surface area contributed by atoms with Gasteiger partial charge in [0.1, 0.15) is 11.4 Å². The molecule has 11 heteroatoms. The average Bonchev–Trinajstić information content (AvgIpc) is 3.79. The summed E-state index contributed by atoms with van der Waals surface area (Å²) in [5.41, 5.74) is 9.52. The second kappa shape index (κ2) is 16.1. The molecule has 6 aromatic rings. The zero-order valence-electron chi connectivity index (χ0n) is 30.1. The molecule has 10 nitrogen and oxygen atoms in total. The molecule has 2 N–H and O–H groups in total. The highest BCUT2D eigenvalue weighted by Gasteiger charge is 2.27. The van der Waals surface area contributed by atoms with Crippen molar-refractivity contribution in [3.05, 3.63) is 101 Å². The molecule has 0 aliphatic heterocycles. The van der Waals surface area contributed by atoms with Crippen molar-refractivity contribution in [3.8, 4) is 22.8 Å². The van der Waals surface area contributed by atoms with Gasteiger partial charge in [0, 0.05) is 46.6 Å². The Morgan fingerprint density at radius 2 is 1.13 bits per heavy atom. The number of halogens is 1. The predicted molar refractivity (Wildman–Crippen MR) is 208 cm³/mol. The lowest BCUT2D eigenvalue weighted by Gasteiger charge is -2.23. The van der Waals surface area contributed by atoms with Gasteiger partial charge in [0.2, 0.25) is 0 Å². The molecule has 0 atom stereocenters. The van der Waals surface area contributed by atoms with Gasteiger partial charge in [-0.2, -0.15) is 0 Å². The number of nitrogens with one attached hydrogen (secondary N) is 2. The van der Waals surface area contributed by atoms with Crippen LogP contribution in [-0.4, -0.2) is 56.1 Å². The minimum atomic E-state index is -0.347. The number of esters is 2.